The van der Waals surface area contributed by atoms with E-state index < -0.39 is 35.5 Å². The van der Waals surface area contributed by atoms with Crippen molar-refractivity contribution in [2.75, 3.05) is 20.3 Å². The second-order valence-corrected chi connectivity index (χ2v) is 8.24. The predicted molar refractivity (Wildman–Crippen MR) is 97.1 cm³/mol. The number of aliphatic hydroxyl groups excluding tert-OH is 1. The summed E-state index contributed by atoms with van der Waals surface area (Å²) in [7, 11) is 2.05. The van der Waals surface area contributed by atoms with E-state index in [0.29, 0.717) is 18.7 Å². The topological polar surface area (TPSA) is 76.1 Å². The molecule has 1 fully saturated rings. The molecule has 5 atom stereocenters. The number of benzene rings is 1. The van der Waals surface area contributed by atoms with Crippen LogP contribution in [0, 0.1) is 5.92 Å². The predicted octanol–water partition coefficient (Wildman–Crippen LogP) is 1.33. The van der Waals surface area contributed by atoms with Crippen molar-refractivity contribution in [2.45, 2.75) is 42.9 Å². The second kappa shape index (κ2) is 5.64. The molecule has 0 unspecified atom stereocenters. The largest absolute Gasteiger partial charge is 0.471 e. The Labute approximate surface area is 161 Å². The fourth-order valence-electron chi connectivity index (χ4n) is 6.11. The zero-order chi connectivity index (χ0) is 19.8. The monoisotopic (exact) mass is 387 g/mol. The number of hydrogen-bond donors (Lipinski definition) is 1. The van der Waals surface area contributed by atoms with Crippen LogP contribution in [0.3, 0.4) is 0 Å². The Morgan fingerprint density at radius 3 is 2.89 bits per heavy atom. The minimum absolute atomic E-state index is 0.105. The molecule has 5 rings (SSSR count). The van der Waals surface area contributed by atoms with Crippen molar-refractivity contribution in [1.29, 1.82) is 0 Å². The lowest BCUT2D eigenvalue weighted by Crippen LogP contribution is -2.74. The highest BCUT2D eigenvalue weighted by atomic mass is 19.1. The second-order valence-electron chi connectivity index (χ2n) is 8.24. The number of halogens is 1. The third-order valence-electron chi connectivity index (χ3n) is 7.12. The minimum Gasteiger partial charge on any atom is -0.471 e. The molecule has 148 valence electrons. The van der Waals surface area contributed by atoms with Crippen LogP contribution in [0.15, 0.2) is 24.3 Å². The Hall–Kier alpha value is -2.25. The van der Waals surface area contributed by atoms with Crippen LogP contribution in [0.4, 0.5) is 4.39 Å². The zero-order valence-electron chi connectivity index (χ0n) is 15.8. The van der Waals surface area contributed by atoms with Crippen LogP contribution in [-0.4, -0.2) is 59.8 Å². The van der Waals surface area contributed by atoms with E-state index in [4.69, 9.17) is 9.47 Å². The van der Waals surface area contributed by atoms with Gasteiger partial charge in [0.2, 0.25) is 11.4 Å². The molecule has 2 heterocycles. The number of likely N-dealkylation sites (tertiary alicyclic amines) is 1. The first-order valence-electron chi connectivity index (χ1n) is 9.56. The highest BCUT2D eigenvalue weighted by Gasteiger charge is 2.75. The summed E-state index contributed by atoms with van der Waals surface area (Å²) in [6.07, 6.45) is 3.52. The van der Waals surface area contributed by atoms with Gasteiger partial charge in [-0.05, 0) is 38.1 Å². The van der Waals surface area contributed by atoms with Crippen LogP contribution in [0.25, 0.3) is 0 Å². The van der Waals surface area contributed by atoms with Crippen molar-refractivity contribution < 1.29 is 28.6 Å². The molecule has 1 N–H and O–H groups in total. The molecule has 2 aliphatic carbocycles. The Balaban J connectivity index is 1.85. The van der Waals surface area contributed by atoms with Gasteiger partial charge in [-0.3, -0.25) is 9.59 Å². The van der Waals surface area contributed by atoms with Gasteiger partial charge in [0.15, 0.2) is 18.2 Å². The Morgan fingerprint density at radius 1 is 1.39 bits per heavy atom. The SMILES string of the molecule is CC(=O)Oc1ccc2c3c1O[C@@]1(C(=O)CF)[C@@H](O)C=C[C@H]4[C@@H](C2)N(C)CC[C@@]341. The number of carbonyl (C=O) groups excluding carboxylic acids is 2. The molecule has 0 amide bonds. The van der Waals surface area contributed by atoms with Crippen molar-refractivity contribution >= 4 is 11.8 Å². The maximum Gasteiger partial charge on any atom is 0.308 e. The molecule has 1 aromatic rings. The zero-order valence-corrected chi connectivity index (χ0v) is 15.8. The molecule has 2 aliphatic heterocycles. The average molecular weight is 387 g/mol. The summed E-state index contributed by atoms with van der Waals surface area (Å²) in [5, 5.41) is 11.0. The quantitative estimate of drug-likeness (QED) is 0.479. The molecule has 0 saturated carbocycles. The lowest BCUT2D eigenvalue weighted by molar-refractivity contribution is -0.162. The Bertz CT molecular complexity index is 930. The lowest BCUT2D eigenvalue weighted by atomic mass is 9.48. The molecule has 0 radical (unpaired) electrons. The number of hydrogen-bond acceptors (Lipinski definition) is 6. The fraction of sp³-hybridized carbons (Fsp3) is 0.524. The van der Waals surface area contributed by atoms with Crippen molar-refractivity contribution in [2.24, 2.45) is 5.92 Å². The van der Waals surface area contributed by atoms with E-state index in [1.54, 1.807) is 12.1 Å². The lowest BCUT2D eigenvalue weighted by Gasteiger charge is -2.60. The average Bonchev–Trinajstić information content (AvgIpc) is 2.99. The van der Waals surface area contributed by atoms with Gasteiger partial charge in [0.1, 0.15) is 6.10 Å². The summed E-state index contributed by atoms with van der Waals surface area (Å²) in [5.41, 5.74) is -0.824. The van der Waals surface area contributed by atoms with E-state index in [0.717, 1.165) is 17.5 Å². The van der Waals surface area contributed by atoms with Gasteiger partial charge in [0.05, 0.1) is 5.41 Å². The fourth-order valence-corrected chi connectivity index (χ4v) is 6.11. The van der Waals surface area contributed by atoms with E-state index in [-0.39, 0.29) is 17.7 Å². The van der Waals surface area contributed by atoms with Gasteiger partial charge in [0.25, 0.3) is 0 Å². The van der Waals surface area contributed by atoms with Gasteiger partial charge in [0, 0.05) is 24.4 Å². The molecule has 0 aromatic heterocycles. The molecule has 1 spiro atoms. The van der Waals surface area contributed by atoms with Crippen molar-refractivity contribution in [3.63, 3.8) is 0 Å². The minimum atomic E-state index is -1.74. The number of Topliss-reactive ketones (excluding diaryl/α,β-unsaturated/α-hetero) is 1. The van der Waals surface area contributed by atoms with Gasteiger partial charge in [-0.25, -0.2) is 4.39 Å². The van der Waals surface area contributed by atoms with Crippen molar-refractivity contribution in [3.05, 3.63) is 35.4 Å². The molecule has 6 nitrogen and oxygen atoms in total. The third-order valence-corrected chi connectivity index (χ3v) is 7.12. The number of rotatable bonds is 3. The van der Waals surface area contributed by atoms with Gasteiger partial charge < -0.3 is 19.5 Å². The van der Waals surface area contributed by atoms with Crippen LogP contribution in [0.2, 0.25) is 0 Å². The van der Waals surface area contributed by atoms with Gasteiger partial charge >= 0.3 is 5.97 Å². The summed E-state index contributed by atoms with van der Waals surface area (Å²) in [6.45, 7) is 0.759. The summed E-state index contributed by atoms with van der Waals surface area (Å²) in [4.78, 5) is 26.9. The van der Waals surface area contributed by atoms with Crippen LogP contribution >= 0.6 is 0 Å². The molecule has 28 heavy (non-hydrogen) atoms. The van der Waals surface area contributed by atoms with E-state index >= 15 is 0 Å². The first kappa shape index (κ1) is 17.8. The number of esters is 1. The molecule has 1 aromatic carbocycles. The number of carbonyl (C=O) groups is 2. The summed E-state index contributed by atoms with van der Waals surface area (Å²) in [5.74, 6) is -0.873. The van der Waals surface area contributed by atoms with Crippen LogP contribution in [0.1, 0.15) is 24.5 Å². The molecule has 4 aliphatic rings. The van der Waals surface area contributed by atoms with Crippen LogP contribution in [0.5, 0.6) is 11.5 Å². The van der Waals surface area contributed by atoms with E-state index in [9.17, 15) is 19.1 Å². The van der Waals surface area contributed by atoms with E-state index in [2.05, 4.69) is 4.90 Å². The summed E-state index contributed by atoms with van der Waals surface area (Å²) >= 11 is 0. The van der Waals surface area contributed by atoms with Gasteiger partial charge in [-0.15, -0.1) is 0 Å². The number of nitrogens with zero attached hydrogens (tertiary/aromatic N) is 1. The number of ketones is 1. The number of aliphatic hydroxyl groups is 1. The first-order valence-corrected chi connectivity index (χ1v) is 9.56. The standard InChI is InChI=1S/C21H22FNO5/c1-11(24)27-15-5-3-12-9-14-13-4-6-16(25)21(17(26)10-22)20(13,7-8-23(14)2)18(12)19(15)28-21/h3-6,13-14,16,25H,7-10H2,1-2H3/t13-,14+,16-,20-,21+/m0/s1. The number of piperidine rings is 1. The molecule has 7 heteroatoms. The molecule has 2 bridgehead atoms. The summed E-state index contributed by atoms with van der Waals surface area (Å²) in [6, 6.07) is 3.67. The Kier molecular flexibility index (Phi) is 3.59. The number of alkyl halides is 1. The maximum absolute atomic E-state index is 13.8. The van der Waals surface area contributed by atoms with Crippen molar-refractivity contribution in [3.8, 4) is 11.5 Å². The van der Waals surface area contributed by atoms with Crippen molar-refractivity contribution in [1.82, 2.24) is 4.90 Å². The molecular formula is C21H22FNO5. The van der Waals surface area contributed by atoms with Crippen LogP contribution < -0.4 is 9.47 Å². The first-order chi connectivity index (χ1) is 13.4. The molecular weight excluding hydrogens is 365 g/mol. The smallest absolute Gasteiger partial charge is 0.308 e. The van der Waals surface area contributed by atoms with Gasteiger partial charge in [-0.1, -0.05) is 18.2 Å². The molecule has 1 saturated heterocycles. The highest BCUT2D eigenvalue weighted by Crippen LogP contribution is 2.66. The number of ether oxygens (including phenoxy) is 2. The highest BCUT2D eigenvalue weighted by molar-refractivity contribution is 5.95. The third kappa shape index (κ3) is 1.84. The maximum atomic E-state index is 13.8. The van der Waals surface area contributed by atoms with E-state index in [1.165, 1.54) is 6.92 Å². The normalized spacial score (nSPS) is 37.2. The van der Waals surface area contributed by atoms with E-state index in [1.807, 2.05) is 19.2 Å². The number of likely N-dealkylation sites (N-methyl/N-ethyl adjacent to an activating group) is 1. The Morgan fingerprint density at radius 2 is 2.18 bits per heavy atom. The summed E-state index contributed by atoms with van der Waals surface area (Å²) < 4.78 is 25.4. The van der Waals surface area contributed by atoms with Gasteiger partial charge in [-0.2, -0.15) is 0 Å². The van der Waals surface area contributed by atoms with Crippen LogP contribution in [-0.2, 0) is 21.4 Å².